The van der Waals surface area contributed by atoms with E-state index in [9.17, 15) is 4.79 Å². The fourth-order valence-corrected chi connectivity index (χ4v) is 2.80. The first kappa shape index (κ1) is 15.8. The van der Waals surface area contributed by atoms with Crippen molar-refractivity contribution in [1.82, 2.24) is 5.32 Å². The number of carbonyl (C=O) groups excluding carboxylic acids is 1. The zero-order valence-corrected chi connectivity index (χ0v) is 13.0. The molecule has 4 nitrogen and oxygen atoms in total. The summed E-state index contributed by atoms with van der Waals surface area (Å²) >= 11 is 0. The van der Waals surface area contributed by atoms with Crippen LogP contribution in [0.1, 0.15) is 38.2 Å². The van der Waals surface area contributed by atoms with Crippen molar-refractivity contribution in [2.75, 3.05) is 18.5 Å². The van der Waals surface area contributed by atoms with Crippen LogP contribution >= 0.6 is 0 Å². The molecule has 0 radical (unpaired) electrons. The Labute approximate surface area is 127 Å². The first-order valence-corrected chi connectivity index (χ1v) is 7.88. The van der Waals surface area contributed by atoms with Crippen LogP contribution in [0, 0.1) is 12.8 Å². The highest BCUT2D eigenvalue weighted by Gasteiger charge is 2.21. The molecule has 1 aliphatic rings. The minimum atomic E-state index is -0.180. The summed E-state index contributed by atoms with van der Waals surface area (Å²) < 4.78 is 5.87. The molecule has 2 atom stereocenters. The maximum Gasteiger partial charge on any atom is 0.319 e. The van der Waals surface area contributed by atoms with Crippen LogP contribution in [0.25, 0.3) is 0 Å². The summed E-state index contributed by atoms with van der Waals surface area (Å²) in [4.78, 5) is 11.8. The molecule has 1 fully saturated rings. The van der Waals surface area contributed by atoms with Crippen LogP contribution in [0.4, 0.5) is 10.5 Å². The molecular formula is C17H26N2O2. The van der Waals surface area contributed by atoms with E-state index in [-0.39, 0.29) is 6.03 Å². The second-order valence-electron chi connectivity index (χ2n) is 5.92. The summed E-state index contributed by atoms with van der Waals surface area (Å²) in [5, 5.41) is 5.65. The van der Waals surface area contributed by atoms with E-state index in [1.165, 1.54) is 19.3 Å². The molecule has 0 unspecified atom stereocenters. The number of urea groups is 1. The van der Waals surface area contributed by atoms with Crippen molar-refractivity contribution in [3.63, 3.8) is 0 Å². The van der Waals surface area contributed by atoms with Crippen LogP contribution in [-0.4, -0.2) is 25.3 Å². The smallest absolute Gasteiger partial charge is 0.319 e. The lowest BCUT2D eigenvalue weighted by Gasteiger charge is -2.28. The number of hydrogen-bond acceptors (Lipinski definition) is 2. The predicted molar refractivity (Wildman–Crippen MR) is 85.6 cm³/mol. The molecule has 0 bridgehead atoms. The van der Waals surface area contributed by atoms with Gasteiger partial charge < -0.3 is 15.4 Å². The summed E-state index contributed by atoms with van der Waals surface area (Å²) in [6.45, 7) is 5.38. The largest absolute Gasteiger partial charge is 0.376 e. The standard InChI is InChI=1S/C17H26N2O2/c1-13-6-5-8-15(12-13)19-17(20)18-10-11-21-16-9-4-3-7-14(16)2/h5-6,8,12,14,16H,3-4,7,9-11H2,1-2H3,(H2,18,19,20)/t14-,16-/m0/s1. The zero-order chi connectivity index (χ0) is 15.1. The molecule has 1 aliphatic carbocycles. The van der Waals surface area contributed by atoms with E-state index >= 15 is 0 Å². The van der Waals surface area contributed by atoms with Gasteiger partial charge in [0.1, 0.15) is 0 Å². The van der Waals surface area contributed by atoms with Crippen molar-refractivity contribution in [3.8, 4) is 0 Å². The van der Waals surface area contributed by atoms with Gasteiger partial charge in [-0.1, -0.05) is 31.9 Å². The SMILES string of the molecule is Cc1cccc(NC(=O)NCCO[C@H]2CCCC[C@@H]2C)c1. The van der Waals surface area contributed by atoms with E-state index in [1.54, 1.807) is 0 Å². The number of aryl methyl sites for hydroxylation is 1. The van der Waals surface area contributed by atoms with E-state index in [2.05, 4.69) is 17.6 Å². The maximum absolute atomic E-state index is 11.8. The van der Waals surface area contributed by atoms with Gasteiger partial charge in [0.2, 0.25) is 0 Å². The lowest BCUT2D eigenvalue weighted by Crippen LogP contribution is -2.34. The first-order valence-electron chi connectivity index (χ1n) is 7.88. The highest BCUT2D eigenvalue weighted by atomic mass is 16.5. The number of amides is 2. The van der Waals surface area contributed by atoms with Crippen molar-refractivity contribution in [2.45, 2.75) is 45.6 Å². The van der Waals surface area contributed by atoms with Gasteiger partial charge >= 0.3 is 6.03 Å². The van der Waals surface area contributed by atoms with Gasteiger partial charge in [0.25, 0.3) is 0 Å². The van der Waals surface area contributed by atoms with Gasteiger partial charge in [0, 0.05) is 12.2 Å². The van der Waals surface area contributed by atoms with Gasteiger partial charge in [-0.3, -0.25) is 0 Å². The van der Waals surface area contributed by atoms with Crippen LogP contribution < -0.4 is 10.6 Å². The Morgan fingerprint density at radius 1 is 1.33 bits per heavy atom. The summed E-state index contributed by atoms with van der Waals surface area (Å²) in [6, 6.07) is 7.58. The van der Waals surface area contributed by atoms with Gasteiger partial charge in [-0.25, -0.2) is 4.79 Å². The minimum Gasteiger partial charge on any atom is -0.376 e. The van der Waals surface area contributed by atoms with Crippen molar-refractivity contribution < 1.29 is 9.53 Å². The highest BCUT2D eigenvalue weighted by molar-refractivity contribution is 5.89. The number of ether oxygens (including phenoxy) is 1. The zero-order valence-electron chi connectivity index (χ0n) is 13.0. The van der Waals surface area contributed by atoms with Gasteiger partial charge in [-0.2, -0.15) is 0 Å². The molecule has 2 rings (SSSR count). The fraction of sp³-hybridized carbons (Fsp3) is 0.588. The van der Waals surface area contributed by atoms with Crippen molar-refractivity contribution in [3.05, 3.63) is 29.8 Å². The third-order valence-electron chi connectivity index (χ3n) is 4.03. The average molecular weight is 290 g/mol. The molecule has 21 heavy (non-hydrogen) atoms. The van der Waals surface area contributed by atoms with E-state index in [1.807, 2.05) is 31.2 Å². The van der Waals surface area contributed by atoms with Crippen LogP contribution in [0.15, 0.2) is 24.3 Å². The van der Waals surface area contributed by atoms with Crippen LogP contribution in [0.5, 0.6) is 0 Å². The summed E-state index contributed by atoms with van der Waals surface area (Å²) in [5.74, 6) is 0.639. The molecule has 0 spiro atoms. The molecule has 0 aromatic heterocycles. The Morgan fingerprint density at radius 3 is 2.90 bits per heavy atom. The second-order valence-corrected chi connectivity index (χ2v) is 5.92. The molecule has 0 aliphatic heterocycles. The normalized spacial score (nSPS) is 21.8. The number of nitrogens with one attached hydrogen (secondary N) is 2. The van der Waals surface area contributed by atoms with E-state index in [0.29, 0.717) is 25.2 Å². The summed E-state index contributed by atoms with van der Waals surface area (Å²) in [6.07, 6.45) is 5.34. The van der Waals surface area contributed by atoms with Gasteiger partial charge in [0.05, 0.1) is 12.7 Å². The molecule has 0 saturated heterocycles. The summed E-state index contributed by atoms with van der Waals surface area (Å²) in [7, 11) is 0. The molecule has 2 N–H and O–H groups in total. The van der Waals surface area contributed by atoms with E-state index in [4.69, 9.17) is 4.74 Å². The quantitative estimate of drug-likeness (QED) is 0.812. The molecule has 2 amide bonds. The Bertz CT molecular complexity index is 462. The fourth-order valence-electron chi connectivity index (χ4n) is 2.80. The second kappa shape index (κ2) is 8.03. The van der Waals surface area contributed by atoms with Crippen LogP contribution in [0.3, 0.4) is 0 Å². The Hall–Kier alpha value is -1.55. The minimum absolute atomic E-state index is 0.180. The number of hydrogen-bond donors (Lipinski definition) is 2. The van der Waals surface area contributed by atoms with Crippen molar-refractivity contribution in [1.29, 1.82) is 0 Å². The number of carbonyl (C=O) groups is 1. The lowest BCUT2D eigenvalue weighted by atomic mass is 9.88. The van der Waals surface area contributed by atoms with E-state index < -0.39 is 0 Å². The van der Waals surface area contributed by atoms with Crippen LogP contribution in [0.2, 0.25) is 0 Å². The van der Waals surface area contributed by atoms with Gasteiger partial charge in [0.15, 0.2) is 0 Å². The molecular weight excluding hydrogens is 264 g/mol. The molecule has 116 valence electrons. The first-order chi connectivity index (χ1) is 10.1. The molecule has 4 heteroatoms. The monoisotopic (exact) mass is 290 g/mol. The maximum atomic E-state index is 11.8. The third-order valence-corrected chi connectivity index (χ3v) is 4.03. The third kappa shape index (κ3) is 5.38. The predicted octanol–water partition coefficient (Wildman–Crippen LogP) is 3.71. The average Bonchev–Trinajstić information content (AvgIpc) is 2.45. The number of rotatable bonds is 5. The van der Waals surface area contributed by atoms with Crippen LogP contribution in [-0.2, 0) is 4.74 Å². The molecule has 1 aromatic rings. The lowest BCUT2D eigenvalue weighted by molar-refractivity contribution is -0.00232. The Balaban J connectivity index is 1.63. The Morgan fingerprint density at radius 2 is 2.14 bits per heavy atom. The topological polar surface area (TPSA) is 50.4 Å². The number of anilines is 1. The number of benzene rings is 1. The van der Waals surface area contributed by atoms with Gasteiger partial charge in [-0.15, -0.1) is 0 Å². The Kier molecular flexibility index (Phi) is 6.05. The molecule has 0 heterocycles. The summed E-state index contributed by atoms with van der Waals surface area (Å²) in [5.41, 5.74) is 1.94. The molecule has 1 saturated carbocycles. The van der Waals surface area contributed by atoms with Crippen molar-refractivity contribution in [2.24, 2.45) is 5.92 Å². The van der Waals surface area contributed by atoms with Gasteiger partial charge in [-0.05, 0) is 43.4 Å². The van der Waals surface area contributed by atoms with Crippen molar-refractivity contribution >= 4 is 11.7 Å². The molecule has 1 aromatic carbocycles. The highest BCUT2D eigenvalue weighted by Crippen LogP contribution is 2.25. The van der Waals surface area contributed by atoms with E-state index in [0.717, 1.165) is 17.7 Å².